The van der Waals surface area contributed by atoms with Crippen LogP contribution in [0.3, 0.4) is 0 Å². The van der Waals surface area contributed by atoms with Crippen LogP contribution in [0.2, 0.25) is 0 Å². The van der Waals surface area contributed by atoms with Crippen LogP contribution in [-0.2, 0) is 4.79 Å². The van der Waals surface area contributed by atoms with Crippen molar-refractivity contribution in [1.29, 1.82) is 0 Å². The summed E-state index contributed by atoms with van der Waals surface area (Å²) in [7, 11) is 0. The standard InChI is InChI=1S/C5H10O4.Ca.2H/c1-5(2,9)3(6)4(7)8;;;/h3,6,9H,1-2H3,(H,7,8);;;. The van der Waals surface area contributed by atoms with Gasteiger partial charge in [-0.3, -0.25) is 0 Å². The average Bonchev–Trinajstić information content (AvgIpc) is 1.62. The third kappa shape index (κ3) is 4.46. The number of carboxylic acids is 1. The molecular weight excluding hydrogens is 164 g/mol. The molecule has 0 fully saturated rings. The molecular formula is C5H12CaO4. The Morgan fingerprint density at radius 2 is 1.80 bits per heavy atom. The Balaban J connectivity index is 0. The van der Waals surface area contributed by atoms with E-state index in [1.807, 2.05) is 0 Å². The van der Waals surface area contributed by atoms with Crippen molar-refractivity contribution in [2.24, 2.45) is 0 Å². The topological polar surface area (TPSA) is 77.8 Å². The first kappa shape index (κ1) is 13.3. The zero-order valence-electron chi connectivity index (χ0n) is 5.33. The van der Waals surface area contributed by atoms with Gasteiger partial charge in [0.05, 0.1) is 5.60 Å². The Kier molecular flexibility index (Phi) is 5.98. The number of aliphatic hydroxyl groups is 2. The molecule has 4 nitrogen and oxygen atoms in total. The van der Waals surface area contributed by atoms with Gasteiger partial charge in [0.1, 0.15) is 0 Å². The second-order valence-corrected chi connectivity index (χ2v) is 2.39. The van der Waals surface area contributed by atoms with Crippen LogP contribution in [0.1, 0.15) is 13.8 Å². The Morgan fingerprint density at radius 1 is 1.50 bits per heavy atom. The fourth-order valence-electron chi connectivity index (χ4n) is 0.302. The number of rotatable bonds is 2. The van der Waals surface area contributed by atoms with Gasteiger partial charge < -0.3 is 15.3 Å². The Labute approximate surface area is 88.9 Å². The van der Waals surface area contributed by atoms with Crippen LogP contribution in [0.15, 0.2) is 0 Å². The Bertz CT molecular complexity index is 117. The molecule has 0 spiro atoms. The van der Waals surface area contributed by atoms with E-state index in [0.29, 0.717) is 0 Å². The van der Waals surface area contributed by atoms with E-state index in [4.69, 9.17) is 15.3 Å². The van der Waals surface area contributed by atoms with Gasteiger partial charge in [-0.2, -0.15) is 0 Å². The van der Waals surface area contributed by atoms with Crippen molar-refractivity contribution < 1.29 is 20.1 Å². The number of hydrogen-bond acceptors (Lipinski definition) is 3. The summed E-state index contributed by atoms with van der Waals surface area (Å²) in [5, 5.41) is 25.5. The van der Waals surface area contributed by atoms with Gasteiger partial charge in [-0.25, -0.2) is 4.79 Å². The summed E-state index contributed by atoms with van der Waals surface area (Å²) in [4.78, 5) is 9.94. The normalized spacial score (nSPS) is 13.6. The first-order valence-corrected chi connectivity index (χ1v) is 2.49. The van der Waals surface area contributed by atoms with Gasteiger partial charge in [-0.15, -0.1) is 0 Å². The van der Waals surface area contributed by atoms with Crippen molar-refractivity contribution in [3.8, 4) is 0 Å². The van der Waals surface area contributed by atoms with Crippen LogP contribution in [-0.4, -0.2) is 70.7 Å². The molecule has 0 bridgehead atoms. The van der Waals surface area contributed by atoms with Gasteiger partial charge in [0.15, 0.2) is 6.10 Å². The Morgan fingerprint density at radius 3 is 1.80 bits per heavy atom. The molecule has 0 heterocycles. The summed E-state index contributed by atoms with van der Waals surface area (Å²) in [5.41, 5.74) is -1.56. The molecule has 0 aliphatic rings. The second kappa shape index (κ2) is 4.51. The van der Waals surface area contributed by atoms with Crippen molar-refractivity contribution >= 4 is 43.7 Å². The summed E-state index contributed by atoms with van der Waals surface area (Å²) in [5.74, 6) is -1.41. The third-order valence-electron chi connectivity index (χ3n) is 0.903. The molecule has 0 aromatic carbocycles. The SMILES string of the molecule is CC(C)(O)C(O)C(=O)O.[CaH2]. The molecule has 3 N–H and O–H groups in total. The fraction of sp³-hybridized carbons (Fsp3) is 0.800. The van der Waals surface area contributed by atoms with Gasteiger partial charge in [0, 0.05) is 0 Å². The van der Waals surface area contributed by atoms with Crippen molar-refractivity contribution in [1.82, 2.24) is 0 Å². The first-order valence-electron chi connectivity index (χ1n) is 2.49. The van der Waals surface area contributed by atoms with Crippen molar-refractivity contribution in [3.63, 3.8) is 0 Å². The average molecular weight is 176 g/mol. The molecule has 5 heteroatoms. The zero-order chi connectivity index (χ0) is 7.65. The predicted molar refractivity (Wildman–Crippen MR) is 38.5 cm³/mol. The number of aliphatic hydroxyl groups excluding tert-OH is 1. The molecule has 0 radical (unpaired) electrons. The van der Waals surface area contributed by atoms with E-state index >= 15 is 0 Å². The number of carbonyl (C=O) groups is 1. The molecule has 1 unspecified atom stereocenters. The predicted octanol–water partition coefficient (Wildman–Crippen LogP) is -1.71. The summed E-state index contributed by atoms with van der Waals surface area (Å²) >= 11 is 0. The second-order valence-electron chi connectivity index (χ2n) is 2.39. The maximum atomic E-state index is 9.94. The quantitative estimate of drug-likeness (QED) is 0.438. The molecule has 10 heavy (non-hydrogen) atoms. The van der Waals surface area contributed by atoms with Gasteiger partial charge in [0.2, 0.25) is 0 Å². The zero-order valence-corrected chi connectivity index (χ0v) is 5.33. The van der Waals surface area contributed by atoms with Crippen LogP contribution in [0.5, 0.6) is 0 Å². The molecule has 0 aromatic heterocycles. The van der Waals surface area contributed by atoms with E-state index in [2.05, 4.69) is 0 Å². The molecule has 0 amide bonds. The summed E-state index contributed by atoms with van der Waals surface area (Å²) in [6.07, 6.45) is -1.71. The molecule has 0 saturated carbocycles. The minimum absolute atomic E-state index is 0. The van der Waals surface area contributed by atoms with Crippen molar-refractivity contribution in [3.05, 3.63) is 0 Å². The van der Waals surface area contributed by atoms with Gasteiger partial charge in [0.25, 0.3) is 0 Å². The molecule has 0 aliphatic heterocycles. The number of hydrogen-bond donors (Lipinski definition) is 3. The van der Waals surface area contributed by atoms with E-state index < -0.39 is 17.7 Å². The van der Waals surface area contributed by atoms with Crippen LogP contribution < -0.4 is 0 Å². The van der Waals surface area contributed by atoms with Crippen LogP contribution in [0.4, 0.5) is 0 Å². The molecule has 0 rings (SSSR count). The number of aliphatic carboxylic acids is 1. The fourth-order valence-corrected chi connectivity index (χ4v) is 0.302. The van der Waals surface area contributed by atoms with E-state index in [9.17, 15) is 4.79 Å². The Hall–Kier alpha value is 0.650. The molecule has 0 saturated heterocycles. The van der Waals surface area contributed by atoms with Crippen molar-refractivity contribution in [2.75, 3.05) is 0 Å². The van der Waals surface area contributed by atoms with E-state index in [0.717, 1.165) is 0 Å². The minimum atomic E-state index is -1.71. The first-order chi connectivity index (χ1) is 3.85. The molecule has 1 atom stereocenters. The molecule has 58 valence electrons. The molecule has 0 aromatic rings. The van der Waals surface area contributed by atoms with Gasteiger partial charge in [-0.05, 0) is 13.8 Å². The number of carboxylic acid groups (broad SMARTS) is 1. The monoisotopic (exact) mass is 176 g/mol. The summed E-state index contributed by atoms with van der Waals surface area (Å²) < 4.78 is 0. The third-order valence-corrected chi connectivity index (χ3v) is 0.903. The maximum absolute atomic E-state index is 9.94. The van der Waals surface area contributed by atoms with Gasteiger partial charge in [-0.1, -0.05) is 0 Å². The summed E-state index contributed by atoms with van der Waals surface area (Å²) in [6, 6.07) is 0. The molecule has 0 aliphatic carbocycles. The van der Waals surface area contributed by atoms with E-state index in [-0.39, 0.29) is 37.7 Å². The van der Waals surface area contributed by atoms with Crippen molar-refractivity contribution in [2.45, 2.75) is 25.6 Å². The van der Waals surface area contributed by atoms with E-state index in [1.165, 1.54) is 13.8 Å². The van der Waals surface area contributed by atoms with Crippen LogP contribution in [0, 0.1) is 0 Å². The van der Waals surface area contributed by atoms with Gasteiger partial charge >= 0.3 is 43.7 Å². The van der Waals surface area contributed by atoms with Crippen LogP contribution >= 0.6 is 0 Å². The van der Waals surface area contributed by atoms with Crippen LogP contribution in [0.25, 0.3) is 0 Å². The van der Waals surface area contributed by atoms with E-state index in [1.54, 1.807) is 0 Å². The summed E-state index contributed by atoms with van der Waals surface area (Å²) in [6.45, 7) is 2.46.